The van der Waals surface area contributed by atoms with E-state index in [0.29, 0.717) is 24.4 Å². The summed E-state index contributed by atoms with van der Waals surface area (Å²) in [5.74, 6) is -0.0826. The third kappa shape index (κ3) is 4.96. The van der Waals surface area contributed by atoms with E-state index in [-0.39, 0.29) is 6.04 Å². The Morgan fingerprint density at radius 2 is 1.90 bits per heavy atom. The molecule has 0 saturated heterocycles. The van der Waals surface area contributed by atoms with Crippen molar-refractivity contribution >= 4 is 5.97 Å². The first kappa shape index (κ1) is 18.4. The second-order valence-corrected chi connectivity index (χ2v) is 7.62. The van der Waals surface area contributed by atoms with Gasteiger partial charge in [0.15, 0.2) is 0 Å². The highest BCUT2D eigenvalue weighted by molar-refractivity contribution is 5.79. The number of nitrogens with zero attached hydrogens (tertiary/aromatic N) is 1. The summed E-state index contributed by atoms with van der Waals surface area (Å²) in [5, 5.41) is 13.1. The molecule has 0 aromatic rings. The first-order valence-corrected chi connectivity index (χ1v) is 8.44. The molecule has 1 fully saturated rings. The summed E-state index contributed by atoms with van der Waals surface area (Å²) in [7, 11) is 0. The van der Waals surface area contributed by atoms with Gasteiger partial charge in [-0.05, 0) is 59.3 Å². The van der Waals surface area contributed by atoms with Gasteiger partial charge in [-0.2, -0.15) is 0 Å². The summed E-state index contributed by atoms with van der Waals surface area (Å²) in [4.78, 5) is 14.4. The fourth-order valence-electron chi connectivity index (χ4n) is 3.67. The minimum Gasteiger partial charge on any atom is -0.480 e. The predicted octanol–water partition coefficient (Wildman–Crippen LogP) is 3.12. The number of nitrogens with one attached hydrogen (secondary N) is 1. The van der Waals surface area contributed by atoms with Gasteiger partial charge in [-0.25, -0.2) is 0 Å². The Morgan fingerprint density at radius 3 is 2.33 bits per heavy atom. The molecule has 0 heterocycles. The van der Waals surface area contributed by atoms with E-state index in [0.717, 1.165) is 25.8 Å². The van der Waals surface area contributed by atoms with E-state index >= 15 is 0 Å². The van der Waals surface area contributed by atoms with Crippen LogP contribution in [0.2, 0.25) is 0 Å². The largest absolute Gasteiger partial charge is 0.480 e. The molecule has 0 spiro atoms. The normalized spacial score (nSPS) is 27.0. The van der Waals surface area contributed by atoms with Crippen LogP contribution in [0.15, 0.2) is 0 Å². The first-order valence-electron chi connectivity index (χ1n) is 8.44. The molecule has 1 saturated carbocycles. The number of carboxylic acid groups (broad SMARTS) is 1. The van der Waals surface area contributed by atoms with Crippen LogP contribution < -0.4 is 5.32 Å². The van der Waals surface area contributed by atoms with Gasteiger partial charge in [-0.15, -0.1) is 0 Å². The van der Waals surface area contributed by atoms with Crippen molar-refractivity contribution in [3.05, 3.63) is 0 Å². The van der Waals surface area contributed by atoms with E-state index in [1.807, 2.05) is 13.8 Å². The van der Waals surface area contributed by atoms with Crippen LogP contribution in [0.25, 0.3) is 0 Å². The summed E-state index contributed by atoms with van der Waals surface area (Å²) in [6, 6.07) is 1.02. The van der Waals surface area contributed by atoms with Crippen molar-refractivity contribution in [3.63, 3.8) is 0 Å². The smallest absolute Gasteiger partial charge is 0.323 e. The zero-order valence-corrected chi connectivity index (χ0v) is 14.6. The molecule has 0 bridgehead atoms. The lowest BCUT2D eigenvalue weighted by atomic mass is 9.77. The van der Waals surface area contributed by atoms with E-state index in [9.17, 15) is 9.90 Å². The van der Waals surface area contributed by atoms with Gasteiger partial charge in [-0.1, -0.05) is 13.8 Å². The SMILES string of the molecule is CC(C)CN(C(C)C)C1CCCC(NC(C)C)(C(=O)O)C1. The quantitative estimate of drug-likeness (QED) is 0.758. The van der Waals surface area contributed by atoms with Crippen molar-refractivity contribution < 1.29 is 9.90 Å². The third-order valence-corrected chi connectivity index (χ3v) is 4.41. The van der Waals surface area contributed by atoms with Gasteiger partial charge >= 0.3 is 5.97 Å². The Morgan fingerprint density at radius 1 is 1.29 bits per heavy atom. The van der Waals surface area contributed by atoms with E-state index in [2.05, 4.69) is 37.9 Å². The topological polar surface area (TPSA) is 52.6 Å². The Balaban J connectivity index is 2.91. The molecule has 21 heavy (non-hydrogen) atoms. The molecule has 4 heteroatoms. The maximum atomic E-state index is 11.9. The second kappa shape index (κ2) is 7.59. The third-order valence-electron chi connectivity index (χ3n) is 4.41. The first-order chi connectivity index (χ1) is 9.68. The number of carboxylic acids is 1. The van der Waals surface area contributed by atoms with E-state index in [4.69, 9.17) is 0 Å². The van der Waals surface area contributed by atoms with E-state index < -0.39 is 11.5 Å². The second-order valence-electron chi connectivity index (χ2n) is 7.62. The van der Waals surface area contributed by atoms with Crippen molar-refractivity contribution in [2.45, 2.75) is 90.9 Å². The Hall–Kier alpha value is -0.610. The average molecular weight is 298 g/mol. The lowest BCUT2D eigenvalue weighted by Crippen LogP contribution is -2.60. The minimum atomic E-state index is -0.749. The molecule has 0 aromatic heterocycles. The maximum absolute atomic E-state index is 11.9. The number of hydrogen-bond acceptors (Lipinski definition) is 3. The van der Waals surface area contributed by atoms with Crippen LogP contribution in [-0.4, -0.2) is 46.2 Å². The molecule has 2 atom stereocenters. The van der Waals surface area contributed by atoms with Crippen LogP contribution >= 0.6 is 0 Å². The molecule has 0 amide bonds. The zero-order valence-electron chi connectivity index (χ0n) is 14.6. The molecule has 4 nitrogen and oxygen atoms in total. The predicted molar refractivity (Wildman–Crippen MR) is 87.6 cm³/mol. The zero-order chi connectivity index (χ0) is 16.2. The number of carbonyl (C=O) groups is 1. The monoisotopic (exact) mass is 298 g/mol. The molecule has 0 aromatic carbocycles. The molecular weight excluding hydrogens is 264 g/mol. The van der Waals surface area contributed by atoms with Crippen LogP contribution in [0.1, 0.15) is 67.2 Å². The van der Waals surface area contributed by atoms with Crippen LogP contribution in [0, 0.1) is 5.92 Å². The Labute approximate surface area is 130 Å². The van der Waals surface area contributed by atoms with Gasteiger partial charge in [0.1, 0.15) is 5.54 Å². The Kier molecular flexibility index (Phi) is 6.67. The fraction of sp³-hybridized carbons (Fsp3) is 0.941. The minimum absolute atomic E-state index is 0.192. The van der Waals surface area contributed by atoms with Gasteiger partial charge in [0.2, 0.25) is 0 Å². The molecule has 2 N–H and O–H groups in total. The molecular formula is C17H34N2O2. The van der Waals surface area contributed by atoms with Crippen molar-refractivity contribution in [2.24, 2.45) is 5.92 Å². The fourth-order valence-corrected chi connectivity index (χ4v) is 3.67. The highest BCUT2D eigenvalue weighted by Gasteiger charge is 2.44. The number of hydrogen-bond donors (Lipinski definition) is 2. The summed E-state index contributed by atoms with van der Waals surface area (Å²) >= 11 is 0. The maximum Gasteiger partial charge on any atom is 0.323 e. The van der Waals surface area contributed by atoms with Crippen LogP contribution in [0.5, 0.6) is 0 Å². The summed E-state index contributed by atoms with van der Waals surface area (Å²) in [5.41, 5.74) is -0.749. The van der Waals surface area contributed by atoms with Gasteiger partial charge < -0.3 is 5.11 Å². The Bertz CT molecular complexity index is 342. The van der Waals surface area contributed by atoms with Crippen molar-refractivity contribution in [3.8, 4) is 0 Å². The molecule has 124 valence electrons. The lowest BCUT2D eigenvalue weighted by Gasteiger charge is -2.45. The summed E-state index contributed by atoms with van der Waals surface area (Å²) < 4.78 is 0. The van der Waals surface area contributed by atoms with Gasteiger partial charge in [0, 0.05) is 24.7 Å². The van der Waals surface area contributed by atoms with Crippen LogP contribution in [0.4, 0.5) is 0 Å². The molecule has 0 radical (unpaired) electrons. The van der Waals surface area contributed by atoms with Gasteiger partial charge in [-0.3, -0.25) is 15.0 Å². The lowest BCUT2D eigenvalue weighted by molar-refractivity contribution is -0.148. The molecule has 0 aliphatic heterocycles. The van der Waals surface area contributed by atoms with Gasteiger partial charge in [0.25, 0.3) is 0 Å². The standard InChI is InChI=1S/C17H34N2O2/c1-12(2)11-19(14(5)6)15-8-7-9-17(10-15,16(20)21)18-13(3)4/h12-15,18H,7-11H2,1-6H3,(H,20,21). The number of aliphatic carboxylic acids is 1. The highest BCUT2D eigenvalue weighted by atomic mass is 16.4. The van der Waals surface area contributed by atoms with Crippen molar-refractivity contribution in [1.29, 1.82) is 0 Å². The molecule has 1 rings (SSSR count). The van der Waals surface area contributed by atoms with Crippen molar-refractivity contribution in [2.75, 3.05) is 6.54 Å². The van der Waals surface area contributed by atoms with Gasteiger partial charge in [0.05, 0.1) is 0 Å². The van der Waals surface area contributed by atoms with Crippen LogP contribution in [0.3, 0.4) is 0 Å². The molecule has 1 aliphatic rings. The number of rotatable bonds is 7. The van der Waals surface area contributed by atoms with E-state index in [1.165, 1.54) is 0 Å². The molecule has 2 unspecified atom stereocenters. The van der Waals surface area contributed by atoms with Crippen LogP contribution in [-0.2, 0) is 4.79 Å². The van der Waals surface area contributed by atoms with Crippen molar-refractivity contribution in [1.82, 2.24) is 10.2 Å². The summed E-state index contributed by atoms with van der Waals surface area (Å²) in [6.45, 7) is 14.0. The summed E-state index contributed by atoms with van der Waals surface area (Å²) in [6.07, 6.45) is 3.55. The molecule has 1 aliphatic carbocycles. The highest BCUT2D eigenvalue weighted by Crippen LogP contribution is 2.33. The average Bonchev–Trinajstić information content (AvgIpc) is 2.34. The van der Waals surface area contributed by atoms with E-state index in [1.54, 1.807) is 0 Å².